The number of fused-ring (bicyclic) bond motifs is 1. The van der Waals surface area contributed by atoms with E-state index in [2.05, 4.69) is 21.2 Å². The maximum atomic E-state index is 13.8. The number of ether oxygens (including phenoxy) is 2. The van der Waals surface area contributed by atoms with E-state index in [1.807, 2.05) is 42.6 Å². The molecule has 6 nitrogen and oxygen atoms in total. The summed E-state index contributed by atoms with van der Waals surface area (Å²) >= 11 is 4.98. The molecule has 2 heterocycles. The molecule has 0 saturated carbocycles. The number of hydrogen-bond donors (Lipinski definition) is 1. The minimum absolute atomic E-state index is 0.164. The molecule has 0 radical (unpaired) electrons. The van der Waals surface area contributed by atoms with Gasteiger partial charge in [0.15, 0.2) is 11.5 Å². The van der Waals surface area contributed by atoms with Gasteiger partial charge in [0.25, 0.3) is 5.91 Å². The number of methoxy groups -OCH3 is 2. The number of amides is 2. The normalized spacial score (nSPS) is 17.7. The maximum Gasteiger partial charge on any atom is 0.254 e. The zero-order chi connectivity index (χ0) is 23.0. The summed E-state index contributed by atoms with van der Waals surface area (Å²) in [7, 11) is 4.80. The number of nitrogens with one attached hydrogen (secondary N) is 1. The molecule has 0 fully saturated rings. The number of halogens is 1. The van der Waals surface area contributed by atoms with Crippen LogP contribution in [-0.2, 0) is 4.79 Å². The van der Waals surface area contributed by atoms with Crippen LogP contribution >= 0.6 is 27.3 Å². The number of carbonyl (C=O) groups is 2. The van der Waals surface area contributed by atoms with Crippen molar-refractivity contribution < 1.29 is 19.1 Å². The number of benzene rings is 2. The van der Waals surface area contributed by atoms with Crippen LogP contribution in [0.5, 0.6) is 11.5 Å². The Morgan fingerprint density at radius 3 is 2.47 bits per heavy atom. The fourth-order valence-electron chi connectivity index (χ4n) is 4.12. The molecule has 3 aromatic rings. The first-order valence-electron chi connectivity index (χ1n) is 9.99. The van der Waals surface area contributed by atoms with E-state index in [0.29, 0.717) is 22.6 Å². The Bertz CT molecular complexity index is 1180. The lowest BCUT2D eigenvalue weighted by Crippen LogP contribution is -2.43. The molecule has 1 aliphatic rings. The van der Waals surface area contributed by atoms with E-state index in [0.717, 1.165) is 20.6 Å². The van der Waals surface area contributed by atoms with E-state index in [1.165, 1.54) is 25.6 Å². The first-order valence-corrected chi connectivity index (χ1v) is 11.7. The largest absolute Gasteiger partial charge is 0.493 e. The van der Waals surface area contributed by atoms with Gasteiger partial charge in [-0.1, -0.05) is 22.0 Å². The van der Waals surface area contributed by atoms with Crippen molar-refractivity contribution in [2.45, 2.75) is 18.9 Å². The quantitative estimate of drug-likeness (QED) is 0.495. The molecule has 2 amide bonds. The van der Waals surface area contributed by atoms with Gasteiger partial charge in [0.2, 0.25) is 5.91 Å². The molecule has 32 heavy (non-hydrogen) atoms. The Balaban J connectivity index is 1.86. The molecule has 1 aliphatic heterocycles. The van der Waals surface area contributed by atoms with Crippen LogP contribution in [0.15, 0.2) is 52.3 Å². The van der Waals surface area contributed by atoms with E-state index in [1.54, 1.807) is 24.1 Å². The van der Waals surface area contributed by atoms with E-state index in [9.17, 15) is 9.59 Å². The molecule has 1 aromatic heterocycles. The van der Waals surface area contributed by atoms with Gasteiger partial charge in [0.1, 0.15) is 0 Å². The number of rotatable bonds is 5. The molecule has 2 aromatic carbocycles. The molecular formula is C24H23BrN2O4S. The molecule has 2 atom stereocenters. The van der Waals surface area contributed by atoms with Crippen molar-refractivity contribution in [3.05, 3.63) is 73.9 Å². The van der Waals surface area contributed by atoms with E-state index < -0.39 is 12.0 Å². The molecule has 0 bridgehead atoms. The van der Waals surface area contributed by atoms with Crippen molar-refractivity contribution >= 4 is 44.8 Å². The maximum absolute atomic E-state index is 13.8. The lowest BCUT2D eigenvalue weighted by molar-refractivity contribution is -0.119. The van der Waals surface area contributed by atoms with Crippen molar-refractivity contribution in [3.8, 4) is 11.5 Å². The summed E-state index contributed by atoms with van der Waals surface area (Å²) in [5.74, 6) is -0.0595. The van der Waals surface area contributed by atoms with Gasteiger partial charge in [-0.3, -0.25) is 9.59 Å². The highest BCUT2D eigenvalue weighted by Gasteiger charge is 2.44. The van der Waals surface area contributed by atoms with Crippen LogP contribution in [0, 0.1) is 6.92 Å². The Kier molecular flexibility index (Phi) is 6.26. The number of nitrogens with zero attached hydrogens (tertiary/aromatic N) is 1. The first-order chi connectivity index (χ1) is 15.3. The van der Waals surface area contributed by atoms with Gasteiger partial charge >= 0.3 is 0 Å². The smallest absolute Gasteiger partial charge is 0.254 e. The van der Waals surface area contributed by atoms with Gasteiger partial charge < -0.3 is 19.7 Å². The number of aryl methyl sites for hydroxylation is 1. The highest BCUT2D eigenvalue weighted by Crippen LogP contribution is 2.47. The monoisotopic (exact) mass is 514 g/mol. The van der Waals surface area contributed by atoms with Gasteiger partial charge in [-0.05, 0) is 59.8 Å². The van der Waals surface area contributed by atoms with Crippen molar-refractivity contribution in [2.24, 2.45) is 0 Å². The van der Waals surface area contributed by atoms with Gasteiger partial charge in [0.05, 0.1) is 26.2 Å². The van der Waals surface area contributed by atoms with E-state index in [4.69, 9.17) is 9.47 Å². The minimum Gasteiger partial charge on any atom is -0.493 e. The fraction of sp³-hybridized carbons (Fsp3) is 0.250. The zero-order valence-corrected chi connectivity index (χ0v) is 20.5. The molecule has 8 heteroatoms. The van der Waals surface area contributed by atoms with E-state index in [-0.39, 0.29) is 11.8 Å². The standard InChI is InChI=1S/C24H23BrN2O4S/c1-13-10-14(25)7-8-17(13)26-23(28)21-15-11-18(30-3)19(31-4)12-16(15)24(29)27(2)22(21)20-6-5-9-32-20/h5-12,21-22H,1-4H3,(H,26,28). The second-order valence-corrected chi connectivity index (χ2v) is 9.49. The van der Waals surface area contributed by atoms with Crippen LogP contribution < -0.4 is 14.8 Å². The van der Waals surface area contributed by atoms with Gasteiger partial charge in [0, 0.05) is 27.6 Å². The second-order valence-electron chi connectivity index (χ2n) is 7.60. The topological polar surface area (TPSA) is 67.9 Å². The molecule has 4 rings (SSSR count). The highest BCUT2D eigenvalue weighted by molar-refractivity contribution is 9.10. The third-order valence-electron chi connectivity index (χ3n) is 5.74. The van der Waals surface area contributed by atoms with Gasteiger partial charge in [-0.15, -0.1) is 11.3 Å². The number of likely N-dealkylation sites (N-methyl/N-ethyl adjacent to an activating group) is 1. The van der Waals surface area contributed by atoms with Gasteiger partial charge in [-0.2, -0.15) is 0 Å². The summed E-state index contributed by atoms with van der Waals surface area (Å²) in [4.78, 5) is 29.6. The first kappa shape index (κ1) is 22.4. The minimum atomic E-state index is -0.630. The summed E-state index contributed by atoms with van der Waals surface area (Å²) < 4.78 is 11.8. The summed E-state index contributed by atoms with van der Waals surface area (Å²) in [6, 6.07) is 12.5. The van der Waals surface area contributed by atoms with Crippen LogP contribution in [-0.4, -0.2) is 38.0 Å². The molecule has 2 unspecified atom stereocenters. The summed E-state index contributed by atoms with van der Waals surface area (Å²) in [6.45, 7) is 1.94. The zero-order valence-electron chi connectivity index (χ0n) is 18.1. The molecule has 1 N–H and O–H groups in total. The highest BCUT2D eigenvalue weighted by atomic mass is 79.9. The number of anilines is 1. The molecule has 166 valence electrons. The van der Waals surface area contributed by atoms with Crippen LogP contribution in [0.25, 0.3) is 0 Å². The third kappa shape index (κ3) is 3.89. The van der Waals surface area contributed by atoms with Crippen molar-refractivity contribution in [1.82, 2.24) is 4.90 Å². The SMILES string of the molecule is COc1cc2c(cc1OC)C(C(=O)Nc1ccc(Br)cc1C)C(c1cccs1)N(C)C2=O. The lowest BCUT2D eigenvalue weighted by Gasteiger charge is -2.39. The number of hydrogen-bond acceptors (Lipinski definition) is 5. The van der Waals surface area contributed by atoms with E-state index >= 15 is 0 Å². The van der Waals surface area contributed by atoms with Gasteiger partial charge in [-0.25, -0.2) is 0 Å². The average Bonchev–Trinajstić information content (AvgIpc) is 3.31. The lowest BCUT2D eigenvalue weighted by atomic mass is 9.81. The second kappa shape index (κ2) is 8.96. The molecule has 0 saturated heterocycles. The van der Waals surface area contributed by atoms with Crippen LogP contribution in [0.3, 0.4) is 0 Å². The predicted molar refractivity (Wildman–Crippen MR) is 129 cm³/mol. The number of carbonyl (C=O) groups excluding carboxylic acids is 2. The van der Waals surface area contributed by atoms with Crippen molar-refractivity contribution in [2.75, 3.05) is 26.6 Å². The third-order valence-corrected chi connectivity index (χ3v) is 7.17. The van der Waals surface area contributed by atoms with Crippen molar-refractivity contribution in [1.29, 1.82) is 0 Å². The molecule has 0 aliphatic carbocycles. The predicted octanol–water partition coefficient (Wildman–Crippen LogP) is 5.39. The Hall–Kier alpha value is -2.84. The molecular weight excluding hydrogens is 492 g/mol. The Morgan fingerprint density at radius 2 is 1.84 bits per heavy atom. The van der Waals surface area contributed by atoms with Crippen LogP contribution in [0.1, 0.15) is 38.3 Å². The number of thiophene rings is 1. The summed E-state index contributed by atoms with van der Waals surface area (Å²) in [5.41, 5.74) is 2.72. The Labute approximate surface area is 199 Å². The Morgan fingerprint density at radius 1 is 1.12 bits per heavy atom. The summed E-state index contributed by atoms with van der Waals surface area (Å²) in [6.07, 6.45) is 0. The average molecular weight is 515 g/mol. The summed E-state index contributed by atoms with van der Waals surface area (Å²) in [5, 5.41) is 5.03. The fourth-order valence-corrected chi connectivity index (χ4v) is 5.50. The molecule has 0 spiro atoms. The van der Waals surface area contributed by atoms with Crippen LogP contribution in [0.4, 0.5) is 5.69 Å². The van der Waals surface area contributed by atoms with Crippen molar-refractivity contribution in [3.63, 3.8) is 0 Å². The van der Waals surface area contributed by atoms with Crippen LogP contribution in [0.2, 0.25) is 0 Å².